The summed E-state index contributed by atoms with van der Waals surface area (Å²) in [6, 6.07) is 9.28. The van der Waals surface area contributed by atoms with Gasteiger partial charge in [-0.15, -0.1) is 0 Å². The number of carbonyl (C=O) groups excluding carboxylic acids is 3. The van der Waals surface area contributed by atoms with Gasteiger partial charge in [-0.25, -0.2) is 14.4 Å². The zero-order valence-corrected chi connectivity index (χ0v) is 15.5. The summed E-state index contributed by atoms with van der Waals surface area (Å²) in [5, 5.41) is 4.69. The van der Waals surface area contributed by atoms with Crippen LogP contribution in [0.2, 0.25) is 0 Å². The number of hydrogen-bond acceptors (Lipinski definition) is 4. The molecule has 0 radical (unpaired) electrons. The van der Waals surface area contributed by atoms with E-state index in [1.807, 2.05) is 48.9 Å². The van der Waals surface area contributed by atoms with Gasteiger partial charge < -0.3 is 0 Å². The van der Waals surface area contributed by atoms with Crippen LogP contribution in [0, 0.1) is 5.92 Å². The fraction of sp³-hybridized carbons (Fsp3) is 0.400. The van der Waals surface area contributed by atoms with Crippen LogP contribution in [0.3, 0.4) is 0 Å². The fourth-order valence-electron chi connectivity index (χ4n) is 3.79. The predicted octanol–water partition coefficient (Wildman–Crippen LogP) is 2.31. The van der Waals surface area contributed by atoms with Crippen molar-refractivity contribution < 1.29 is 14.4 Å². The highest BCUT2D eigenvalue weighted by Crippen LogP contribution is 2.29. The quantitative estimate of drug-likeness (QED) is 0.601. The molecule has 1 aromatic carbocycles. The highest BCUT2D eigenvalue weighted by Gasteiger charge is 2.45. The average molecular weight is 366 g/mol. The molecule has 2 aliphatic rings. The second kappa shape index (κ2) is 6.64. The molecule has 2 heterocycles. The zero-order chi connectivity index (χ0) is 19.1. The lowest BCUT2D eigenvalue weighted by molar-refractivity contribution is -0.143. The lowest BCUT2D eigenvalue weighted by Crippen LogP contribution is -2.35. The molecule has 1 saturated heterocycles. The first-order valence-electron chi connectivity index (χ1n) is 9.29. The van der Waals surface area contributed by atoms with Gasteiger partial charge in [0, 0.05) is 12.2 Å². The number of amides is 4. The Hall–Kier alpha value is -2.96. The van der Waals surface area contributed by atoms with Gasteiger partial charge in [0.25, 0.3) is 0 Å². The van der Waals surface area contributed by atoms with Crippen molar-refractivity contribution in [1.29, 1.82) is 0 Å². The number of nitrogens with zero attached hydrogens (tertiary/aromatic N) is 4. The van der Waals surface area contributed by atoms with E-state index in [1.165, 1.54) is 0 Å². The first kappa shape index (κ1) is 17.5. The van der Waals surface area contributed by atoms with Gasteiger partial charge in [-0.05, 0) is 42.9 Å². The van der Waals surface area contributed by atoms with Crippen molar-refractivity contribution in [3.05, 3.63) is 47.3 Å². The van der Waals surface area contributed by atoms with Crippen LogP contribution >= 0.6 is 0 Å². The van der Waals surface area contributed by atoms with Crippen LogP contribution in [0.15, 0.2) is 30.3 Å². The molecule has 7 heteroatoms. The second-order valence-electron chi connectivity index (χ2n) is 7.46. The van der Waals surface area contributed by atoms with E-state index in [9.17, 15) is 14.4 Å². The first-order valence-corrected chi connectivity index (χ1v) is 9.29. The Morgan fingerprint density at radius 2 is 1.70 bits per heavy atom. The summed E-state index contributed by atoms with van der Waals surface area (Å²) in [6.07, 6.45) is 2.81. The van der Waals surface area contributed by atoms with E-state index >= 15 is 0 Å². The number of carbonyl (C=O) groups is 3. The number of imide groups is 2. The number of aromatic nitrogens is 2. The van der Waals surface area contributed by atoms with Crippen molar-refractivity contribution in [2.45, 2.75) is 39.7 Å². The van der Waals surface area contributed by atoms with E-state index in [2.05, 4.69) is 5.10 Å². The molecule has 27 heavy (non-hydrogen) atoms. The molecule has 140 valence electrons. The topological polar surface area (TPSA) is 75.5 Å². The number of rotatable bonds is 5. The molecular weight excluding hydrogens is 344 g/mol. The van der Waals surface area contributed by atoms with E-state index in [1.54, 1.807) is 0 Å². The highest BCUT2D eigenvalue weighted by molar-refractivity contribution is 6.44. The minimum absolute atomic E-state index is 0.0418. The van der Waals surface area contributed by atoms with Gasteiger partial charge in [-0.3, -0.25) is 14.5 Å². The molecule has 1 aromatic heterocycles. The van der Waals surface area contributed by atoms with Crippen molar-refractivity contribution in [3.8, 4) is 5.69 Å². The molecule has 2 aromatic rings. The van der Waals surface area contributed by atoms with Crippen LogP contribution in [-0.2, 0) is 29.0 Å². The Morgan fingerprint density at radius 3 is 2.41 bits per heavy atom. The normalized spacial score (nSPS) is 16.8. The summed E-state index contributed by atoms with van der Waals surface area (Å²) in [5.74, 6) is -1.40. The van der Waals surface area contributed by atoms with Gasteiger partial charge in [0.15, 0.2) is 0 Å². The minimum atomic E-state index is -0.762. The van der Waals surface area contributed by atoms with Gasteiger partial charge >= 0.3 is 17.8 Å². The predicted molar refractivity (Wildman–Crippen MR) is 98.1 cm³/mol. The Balaban J connectivity index is 1.65. The number of hydrogen-bond donors (Lipinski definition) is 0. The zero-order valence-electron chi connectivity index (χ0n) is 15.5. The van der Waals surface area contributed by atoms with Crippen molar-refractivity contribution in [3.63, 3.8) is 0 Å². The van der Waals surface area contributed by atoms with Gasteiger partial charge in [-0.2, -0.15) is 5.10 Å². The summed E-state index contributed by atoms with van der Waals surface area (Å²) in [4.78, 5) is 39.3. The third kappa shape index (κ3) is 2.93. The van der Waals surface area contributed by atoms with E-state index in [4.69, 9.17) is 0 Å². The summed E-state index contributed by atoms with van der Waals surface area (Å²) in [7, 11) is 0. The van der Waals surface area contributed by atoms with Crippen LogP contribution in [0.25, 0.3) is 5.69 Å². The van der Waals surface area contributed by atoms with Gasteiger partial charge in [0.05, 0.1) is 17.9 Å². The Bertz CT molecular complexity index is 917. The maximum absolute atomic E-state index is 12.6. The Kier molecular flexibility index (Phi) is 4.30. The molecule has 0 spiro atoms. The molecule has 7 nitrogen and oxygen atoms in total. The van der Waals surface area contributed by atoms with Crippen molar-refractivity contribution >= 4 is 17.8 Å². The van der Waals surface area contributed by atoms with Gasteiger partial charge in [0.2, 0.25) is 0 Å². The fourth-order valence-corrected chi connectivity index (χ4v) is 3.79. The first-order chi connectivity index (χ1) is 13.0. The van der Waals surface area contributed by atoms with E-state index in [0.29, 0.717) is 5.69 Å². The number of urea groups is 1. The standard InChI is InChI=1S/C20H22N4O3/c1-13(2)11-22-18(25)19(26)23(20(22)27)12-16-15-9-6-10-17(15)24(21-16)14-7-4-3-5-8-14/h3-5,7-8,13H,6,9-12H2,1-2H3. The van der Waals surface area contributed by atoms with Crippen LogP contribution in [0.4, 0.5) is 4.79 Å². The molecule has 1 aliphatic carbocycles. The third-order valence-corrected chi connectivity index (χ3v) is 5.00. The lowest BCUT2D eigenvalue weighted by Gasteiger charge is -2.16. The summed E-state index contributed by atoms with van der Waals surface area (Å²) in [6.45, 7) is 4.10. The molecule has 4 rings (SSSR count). The molecule has 1 aliphatic heterocycles. The summed E-state index contributed by atoms with van der Waals surface area (Å²) < 4.78 is 1.90. The molecule has 4 amide bonds. The molecule has 0 N–H and O–H groups in total. The lowest BCUT2D eigenvalue weighted by atomic mass is 10.2. The van der Waals surface area contributed by atoms with Crippen molar-refractivity contribution in [2.75, 3.05) is 6.54 Å². The molecule has 0 atom stereocenters. The average Bonchev–Trinajstić information content (AvgIpc) is 3.30. The second-order valence-corrected chi connectivity index (χ2v) is 7.46. The maximum atomic E-state index is 12.6. The summed E-state index contributed by atoms with van der Waals surface area (Å²) in [5.41, 5.74) is 3.88. The smallest absolute Gasteiger partial charge is 0.263 e. The molecule has 0 bridgehead atoms. The highest BCUT2D eigenvalue weighted by atomic mass is 16.2. The molecule has 0 unspecified atom stereocenters. The number of benzene rings is 1. The van der Waals surface area contributed by atoms with Gasteiger partial charge in [0.1, 0.15) is 0 Å². The van der Waals surface area contributed by atoms with E-state index < -0.39 is 17.8 Å². The maximum Gasteiger partial charge on any atom is 0.334 e. The number of para-hydroxylation sites is 1. The molecule has 1 fully saturated rings. The summed E-state index contributed by atoms with van der Waals surface area (Å²) >= 11 is 0. The Morgan fingerprint density at radius 1 is 1.00 bits per heavy atom. The van der Waals surface area contributed by atoms with Crippen LogP contribution in [-0.4, -0.2) is 44.0 Å². The Labute approximate surface area is 157 Å². The van der Waals surface area contributed by atoms with Gasteiger partial charge in [-0.1, -0.05) is 32.0 Å². The van der Waals surface area contributed by atoms with E-state index in [-0.39, 0.29) is 19.0 Å². The van der Waals surface area contributed by atoms with E-state index in [0.717, 1.165) is 46.0 Å². The van der Waals surface area contributed by atoms with Crippen LogP contribution < -0.4 is 0 Å². The largest absolute Gasteiger partial charge is 0.334 e. The minimum Gasteiger partial charge on any atom is -0.263 e. The van der Waals surface area contributed by atoms with Crippen LogP contribution in [0.5, 0.6) is 0 Å². The van der Waals surface area contributed by atoms with Crippen molar-refractivity contribution in [2.24, 2.45) is 5.92 Å². The third-order valence-electron chi connectivity index (χ3n) is 5.00. The molecular formula is C20H22N4O3. The van der Waals surface area contributed by atoms with Crippen LogP contribution in [0.1, 0.15) is 37.2 Å². The monoisotopic (exact) mass is 366 g/mol. The molecule has 0 saturated carbocycles. The SMILES string of the molecule is CC(C)CN1C(=O)C(=O)N(Cc2nn(-c3ccccc3)c3c2CCC3)C1=O. The van der Waals surface area contributed by atoms with Crippen molar-refractivity contribution in [1.82, 2.24) is 19.6 Å². The number of fused-ring (bicyclic) bond motifs is 1.